The maximum atomic E-state index is 12.8. The van der Waals surface area contributed by atoms with Crippen LogP contribution in [0, 0.1) is 5.92 Å². The van der Waals surface area contributed by atoms with Gasteiger partial charge in [-0.2, -0.15) is 13.2 Å². The third-order valence-electron chi connectivity index (χ3n) is 3.41. The average molecular weight is 317 g/mol. The lowest BCUT2D eigenvalue weighted by molar-refractivity contribution is -0.139. The topological polar surface area (TPSA) is 49.8 Å². The maximum Gasteiger partial charge on any atom is 0.419 e. The van der Waals surface area contributed by atoms with Gasteiger partial charge in [0.2, 0.25) is 5.91 Å². The Balaban J connectivity index is 1.88. The maximum absolute atomic E-state index is 12.8. The van der Waals surface area contributed by atoms with Crippen molar-refractivity contribution in [2.24, 2.45) is 5.92 Å². The van der Waals surface area contributed by atoms with Crippen molar-refractivity contribution in [2.45, 2.75) is 25.1 Å². The standard InChI is InChI=1S/C15H18F3NO3/c1-19(14(21)10-6-7-10)8-11(20)9-22-13-5-3-2-4-12(13)15(16,17)18/h2-5,10-11,20H,6-9H2,1H3. The molecule has 1 aromatic rings. The van der Waals surface area contributed by atoms with E-state index in [1.165, 1.54) is 23.1 Å². The number of halogens is 3. The number of carbonyl (C=O) groups is 1. The molecule has 0 radical (unpaired) electrons. The summed E-state index contributed by atoms with van der Waals surface area (Å²) in [6.07, 6.45) is -3.85. The molecule has 1 fully saturated rings. The number of benzene rings is 1. The summed E-state index contributed by atoms with van der Waals surface area (Å²) < 4.78 is 43.4. The molecule has 1 N–H and O–H groups in total. The molecule has 0 aromatic heterocycles. The second kappa shape index (κ2) is 6.56. The number of nitrogens with zero attached hydrogens (tertiary/aromatic N) is 1. The Morgan fingerprint density at radius 2 is 2.05 bits per heavy atom. The molecular formula is C15H18F3NO3. The minimum atomic E-state index is -4.51. The van der Waals surface area contributed by atoms with Crippen LogP contribution in [-0.2, 0) is 11.0 Å². The summed E-state index contributed by atoms with van der Waals surface area (Å²) in [6, 6.07) is 4.83. The first-order valence-electron chi connectivity index (χ1n) is 7.01. The second-order valence-electron chi connectivity index (χ2n) is 5.45. The number of amides is 1. The van der Waals surface area contributed by atoms with Gasteiger partial charge in [-0.15, -0.1) is 0 Å². The van der Waals surface area contributed by atoms with Crippen LogP contribution >= 0.6 is 0 Å². The third kappa shape index (κ3) is 4.37. The van der Waals surface area contributed by atoms with Crippen LogP contribution in [0.5, 0.6) is 5.75 Å². The molecule has 0 aliphatic heterocycles. The fraction of sp³-hybridized carbons (Fsp3) is 0.533. The molecule has 7 heteroatoms. The SMILES string of the molecule is CN(CC(O)COc1ccccc1C(F)(F)F)C(=O)C1CC1. The summed E-state index contributed by atoms with van der Waals surface area (Å²) >= 11 is 0. The van der Waals surface area contributed by atoms with Crippen LogP contribution in [0.25, 0.3) is 0 Å². The van der Waals surface area contributed by atoms with Crippen LogP contribution in [0.2, 0.25) is 0 Å². The van der Waals surface area contributed by atoms with E-state index >= 15 is 0 Å². The number of ether oxygens (including phenoxy) is 1. The molecule has 1 atom stereocenters. The Kier molecular flexibility index (Phi) is 4.95. The molecule has 0 spiro atoms. The predicted molar refractivity (Wildman–Crippen MR) is 73.3 cm³/mol. The first-order valence-corrected chi connectivity index (χ1v) is 7.01. The van der Waals surface area contributed by atoms with Gasteiger partial charge in [0.05, 0.1) is 5.56 Å². The zero-order chi connectivity index (χ0) is 16.3. The summed E-state index contributed by atoms with van der Waals surface area (Å²) in [5, 5.41) is 9.83. The second-order valence-corrected chi connectivity index (χ2v) is 5.45. The lowest BCUT2D eigenvalue weighted by Gasteiger charge is -2.21. The Morgan fingerprint density at radius 3 is 2.64 bits per heavy atom. The zero-order valence-corrected chi connectivity index (χ0v) is 12.1. The van der Waals surface area contributed by atoms with E-state index in [-0.39, 0.29) is 30.7 Å². The number of hydrogen-bond acceptors (Lipinski definition) is 3. The fourth-order valence-corrected chi connectivity index (χ4v) is 2.11. The summed E-state index contributed by atoms with van der Waals surface area (Å²) in [7, 11) is 1.56. The van der Waals surface area contributed by atoms with Crippen molar-refractivity contribution < 1.29 is 27.8 Å². The average Bonchev–Trinajstić information content (AvgIpc) is 3.28. The van der Waals surface area contributed by atoms with E-state index in [1.807, 2.05) is 0 Å². The molecular weight excluding hydrogens is 299 g/mol. The van der Waals surface area contributed by atoms with Crippen molar-refractivity contribution in [3.63, 3.8) is 0 Å². The first kappa shape index (κ1) is 16.6. The van der Waals surface area contributed by atoms with Crippen molar-refractivity contribution in [3.8, 4) is 5.75 Å². The van der Waals surface area contributed by atoms with Gasteiger partial charge >= 0.3 is 6.18 Å². The van der Waals surface area contributed by atoms with Gasteiger partial charge in [-0.05, 0) is 25.0 Å². The number of likely N-dealkylation sites (N-methyl/N-ethyl adjacent to an activating group) is 1. The molecule has 0 heterocycles. The number of hydrogen-bond donors (Lipinski definition) is 1. The van der Waals surface area contributed by atoms with E-state index < -0.39 is 17.8 Å². The van der Waals surface area contributed by atoms with E-state index in [0.29, 0.717) is 0 Å². The number of carbonyl (C=O) groups excluding carboxylic acids is 1. The van der Waals surface area contributed by atoms with Gasteiger partial charge in [-0.25, -0.2) is 0 Å². The van der Waals surface area contributed by atoms with E-state index in [1.54, 1.807) is 7.05 Å². The summed E-state index contributed by atoms with van der Waals surface area (Å²) in [5.41, 5.74) is -0.885. The number of aliphatic hydroxyl groups excluding tert-OH is 1. The smallest absolute Gasteiger partial charge is 0.419 e. The van der Waals surface area contributed by atoms with Gasteiger partial charge < -0.3 is 14.7 Å². The van der Waals surface area contributed by atoms with Gasteiger partial charge in [0.1, 0.15) is 18.5 Å². The van der Waals surface area contributed by atoms with Gasteiger partial charge in [0, 0.05) is 19.5 Å². The van der Waals surface area contributed by atoms with E-state index in [0.717, 1.165) is 18.9 Å². The molecule has 1 unspecified atom stereocenters. The molecule has 0 saturated heterocycles. The first-order chi connectivity index (χ1) is 10.3. The quantitative estimate of drug-likeness (QED) is 0.876. The highest BCUT2D eigenvalue weighted by molar-refractivity contribution is 5.80. The van der Waals surface area contributed by atoms with Crippen LogP contribution in [0.1, 0.15) is 18.4 Å². The van der Waals surface area contributed by atoms with Gasteiger partial charge in [0.25, 0.3) is 0 Å². The highest BCUT2D eigenvalue weighted by Crippen LogP contribution is 2.36. The largest absolute Gasteiger partial charge is 0.490 e. The van der Waals surface area contributed by atoms with Crippen LogP contribution in [0.4, 0.5) is 13.2 Å². The summed E-state index contributed by atoms with van der Waals surface area (Å²) in [4.78, 5) is 13.1. The molecule has 2 rings (SSSR count). The molecule has 1 aromatic carbocycles. The van der Waals surface area contributed by atoms with Crippen molar-refractivity contribution in [1.82, 2.24) is 4.90 Å². The number of aliphatic hydroxyl groups is 1. The summed E-state index contributed by atoms with van der Waals surface area (Å²) in [6.45, 7) is -0.279. The molecule has 1 amide bonds. The van der Waals surface area contributed by atoms with Crippen molar-refractivity contribution in [3.05, 3.63) is 29.8 Å². The normalized spacial score (nSPS) is 16.2. The van der Waals surface area contributed by atoms with E-state index in [9.17, 15) is 23.1 Å². The monoisotopic (exact) mass is 317 g/mol. The third-order valence-corrected chi connectivity index (χ3v) is 3.41. The van der Waals surface area contributed by atoms with Gasteiger partial charge in [-0.1, -0.05) is 12.1 Å². The van der Waals surface area contributed by atoms with E-state index in [2.05, 4.69) is 0 Å². The Bertz CT molecular complexity index is 529. The van der Waals surface area contributed by atoms with Gasteiger partial charge in [-0.3, -0.25) is 4.79 Å². The molecule has 122 valence electrons. The lowest BCUT2D eigenvalue weighted by atomic mass is 10.2. The minimum absolute atomic E-state index is 0.0313. The molecule has 4 nitrogen and oxygen atoms in total. The fourth-order valence-electron chi connectivity index (χ4n) is 2.11. The van der Waals surface area contributed by atoms with Crippen molar-refractivity contribution >= 4 is 5.91 Å². The molecule has 22 heavy (non-hydrogen) atoms. The predicted octanol–water partition coefficient (Wildman–Crippen LogP) is 2.31. The molecule has 0 bridgehead atoms. The molecule has 1 aliphatic rings. The van der Waals surface area contributed by atoms with Crippen LogP contribution in [0.3, 0.4) is 0 Å². The highest BCUT2D eigenvalue weighted by atomic mass is 19.4. The molecule has 1 saturated carbocycles. The van der Waals surface area contributed by atoms with Crippen LogP contribution in [0.15, 0.2) is 24.3 Å². The number of rotatable bonds is 6. The van der Waals surface area contributed by atoms with Crippen molar-refractivity contribution in [2.75, 3.05) is 20.2 Å². The van der Waals surface area contributed by atoms with Gasteiger partial charge in [0.15, 0.2) is 0 Å². The highest BCUT2D eigenvalue weighted by Gasteiger charge is 2.34. The number of para-hydroxylation sites is 1. The Morgan fingerprint density at radius 1 is 1.41 bits per heavy atom. The van der Waals surface area contributed by atoms with Crippen molar-refractivity contribution in [1.29, 1.82) is 0 Å². The Labute approximate surface area is 126 Å². The van der Waals surface area contributed by atoms with E-state index in [4.69, 9.17) is 4.74 Å². The Hall–Kier alpha value is -1.76. The zero-order valence-electron chi connectivity index (χ0n) is 12.1. The van der Waals surface area contributed by atoms with Crippen LogP contribution in [-0.4, -0.2) is 42.2 Å². The molecule has 1 aliphatic carbocycles. The van der Waals surface area contributed by atoms with Crippen LogP contribution < -0.4 is 4.74 Å². The number of alkyl halides is 3. The lowest BCUT2D eigenvalue weighted by Crippen LogP contribution is -2.37. The summed E-state index contributed by atoms with van der Waals surface area (Å²) in [5.74, 6) is -0.343. The minimum Gasteiger partial charge on any atom is -0.490 e.